The van der Waals surface area contributed by atoms with Crippen LogP contribution in [0.4, 0.5) is 24.7 Å². The molecule has 0 unspecified atom stereocenters. The van der Waals surface area contributed by atoms with Gasteiger partial charge in [-0.25, -0.2) is 0 Å². The fourth-order valence-corrected chi connectivity index (χ4v) is 2.16. The molecule has 2 aromatic rings. The number of amides is 1. The van der Waals surface area contributed by atoms with Crippen LogP contribution in [0.15, 0.2) is 30.3 Å². The zero-order chi connectivity index (χ0) is 18.4. The molecule has 0 saturated carbocycles. The smallest absolute Gasteiger partial charge is 0.351 e. The van der Waals surface area contributed by atoms with Crippen LogP contribution in [0.1, 0.15) is 35.8 Å². The molecule has 1 aromatic carbocycles. The molecule has 0 spiro atoms. The lowest BCUT2D eigenvalue weighted by Gasteiger charge is -2.14. The Morgan fingerprint density at radius 1 is 1.20 bits per heavy atom. The number of alkyl halides is 3. The number of hydrogen-bond donors (Lipinski definition) is 2. The summed E-state index contributed by atoms with van der Waals surface area (Å²) in [5, 5.41) is 12.7. The largest absolute Gasteiger partial charge is 0.418 e. The van der Waals surface area contributed by atoms with E-state index in [9.17, 15) is 18.0 Å². The maximum absolute atomic E-state index is 13.1. The van der Waals surface area contributed by atoms with Gasteiger partial charge in [0.2, 0.25) is 0 Å². The fourth-order valence-electron chi connectivity index (χ4n) is 1.99. The van der Waals surface area contributed by atoms with Crippen LogP contribution in [0.3, 0.4) is 0 Å². The first-order valence-electron chi connectivity index (χ1n) is 7.57. The van der Waals surface area contributed by atoms with E-state index in [-0.39, 0.29) is 28.1 Å². The molecule has 1 aromatic heterocycles. The summed E-state index contributed by atoms with van der Waals surface area (Å²) in [5.74, 6) is -0.298. The number of carbonyl (C=O) groups excluding carboxylic acids is 1. The van der Waals surface area contributed by atoms with Crippen molar-refractivity contribution in [1.82, 2.24) is 15.5 Å². The van der Waals surface area contributed by atoms with Crippen LogP contribution < -0.4 is 10.6 Å². The maximum atomic E-state index is 13.1. The van der Waals surface area contributed by atoms with E-state index in [2.05, 4.69) is 20.8 Å². The van der Waals surface area contributed by atoms with Crippen molar-refractivity contribution < 1.29 is 18.0 Å². The van der Waals surface area contributed by atoms with Crippen molar-refractivity contribution >= 4 is 29.0 Å². The monoisotopic (exact) mass is 372 g/mol. The summed E-state index contributed by atoms with van der Waals surface area (Å²) in [5.41, 5.74) is -1.02. The van der Waals surface area contributed by atoms with Crippen LogP contribution in [-0.2, 0) is 6.18 Å². The summed E-state index contributed by atoms with van der Waals surface area (Å²) >= 11 is 5.63. The lowest BCUT2D eigenvalue weighted by molar-refractivity contribution is -0.136. The molecule has 0 atom stereocenters. The number of benzene rings is 1. The third-order valence-electron chi connectivity index (χ3n) is 3.26. The SMILES string of the molecule is CCCCNC(=O)c1ccc(Nc2ccc(Cl)cc2C(F)(F)F)nn1. The Morgan fingerprint density at radius 3 is 2.56 bits per heavy atom. The molecule has 0 bridgehead atoms. The Balaban J connectivity index is 2.13. The highest BCUT2D eigenvalue weighted by Gasteiger charge is 2.34. The first kappa shape index (κ1) is 19.0. The third kappa shape index (κ3) is 5.32. The summed E-state index contributed by atoms with van der Waals surface area (Å²) in [4.78, 5) is 11.8. The van der Waals surface area contributed by atoms with E-state index in [1.165, 1.54) is 24.3 Å². The van der Waals surface area contributed by atoms with Gasteiger partial charge in [-0.15, -0.1) is 10.2 Å². The number of halogens is 4. The van der Waals surface area contributed by atoms with Crippen LogP contribution in [0, 0.1) is 0 Å². The molecule has 2 rings (SSSR count). The van der Waals surface area contributed by atoms with E-state index >= 15 is 0 Å². The summed E-state index contributed by atoms with van der Waals surface area (Å²) in [6.07, 6.45) is -2.78. The highest BCUT2D eigenvalue weighted by atomic mass is 35.5. The second-order valence-electron chi connectivity index (χ2n) is 5.23. The highest BCUT2D eigenvalue weighted by Crippen LogP contribution is 2.37. The fraction of sp³-hybridized carbons (Fsp3) is 0.312. The average molecular weight is 373 g/mol. The van der Waals surface area contributed by atoms with E-state index in [1.807, 2.05) is 6.92 Å². The molecule has 5 nitrogen and oxygen atoms in total. The van der Waals surface area contributed by atoms with Gasteiger partial charge in [-0.3, -0.25) is 4.79 Å². The van der Waals surface area contributed by atoms with Gasteiger partial charge in [0.1, 0.15) is 0 Å². The van der Waals surface area contributed by atoms with Crippen molar-refractivity contribution in [1.29, 1.82) is 0 Å². The molecule has 0 fully saturated rings. The predicted octanol–water partition coefficient (Wildman–Crippen LogP) is 4.42. The quantitative estimate of drug-likeness (QED) is 0.736. The Kier molecular flexibility index (Phi) is 6.19. The Bertz CT molecular complexity index is 735. The van der Waals surface area contributed by atoms with Gasteiger partial charge in [-0.1, -0.05) is 24.9 Å². The molecule has 2 N–H and O–H groups in total. The molecule has 25 heavy (non-hydrogen) atoms. The Labute approximate surface area is 147 Å². The van der Waals surface area contributed by atoms with Gasteiger partial charge in [-0.05, 0) is 36.8 Å². The van der Waals surface area contributed by atoms with Crippen molar-refractivity contribution in [2.45, 2.75) is 25.9 Å². The van der Waals surface area contributed by atoms with Crippen LogP contribution in [0.5, 0.6) is 0 Å². The van der Waals surface area contributed by atoms with Gasteiger partial charge in [0.05, 0.1) is 11.3 Å². The van der Waals surface area contributed by atoms with E-state index < -0.39 is 11.7 Å². The standard InChI is InChI=1S/C16H16ClF3N4O/c1-2-3-8-21-15(25)13-6-7-14(24-23-13)22-12-5-4-10(17)9-11(12)16(18,19)20/h4-7,9H,2-3,8H2,1H3,(H,21,25)(H,22,24). The Hall–Kier alpha value is -2.35. The van der Waals surface area contributed by atoms with Crippen LogP contribution in [0.25, 0.3) is 0 Å². The number of carbonyl (C=O) groups is 1. The minimum atomic E-state index is -4.57. The van der Waals surface area contributed by atoms with Crippen LogP contribution >= 0.6 is 11.6 Å². The number of anilines is 2. The van der Waals surface area contributed by atoms with Crippen molar-refractivity contribution in [2.24, 2.45) is 0 Å². The van der Waals surface area contributed by atoms with E-state index in [0.29, 0.717) is 6.54 Å². The minimum Gasteiger partial charge on any atom is -0.351 e. The minimum absolute atomic E-state index is 0.0249. The van der Waals surface area contributed by atoms with E-state index in [0.717, 1.165) is 18.9 Å². The van der Waals surface area contributed by atoms with Crippen LogP contribution in [0.2, 0.25) is 5.02 Å². The second-order valence-corrected chi connectivity index (χ2v) is 5.66. The predicted molar refractivity (Wildman–Crippen MR) is 89.0 cm³/mol. The highest BCUT2D eigenvalue weighted by molar-refractivity contribution is 6.30. The van der Waals surface area contributed by atoms with Crippen molar-refractivity contribution in [3.05, 3.63) is 46.6 Å². The molecule has 0 saturated heterocycles. The van der Waals surface area contributed by atoms with E-state index in [4.69, 9.17) is 11.6 Å². The van der Waals surface area contributed by atoms with Crippen molar-refractivity contribution in [2.75, 3.05) is 11.9 Å². The van der Waals surface area contributed by atoms with Crippen molar-refractivity contribution in [3.8, 4) is 0 Å². The molecule has 0 aliphatic carbocycles. The first-order chi connectivity index (χ1) is 11.8. The molecular formula is C16H16ClF3N4O. The third-order valence-corrected chi connectivity index (χ3v) is 3.50. The number of nitrogens with one attached hydrogen (secondary N) is 2. The van der Waals surface area contributed by atoms with Crippen LogP contribution in [-0.4, -0.2) is 22.6 Å². The maximum Gasteiger partial charge on any atom is 0.418 e. The summed E-state index contributed by atoms with van der Waals surface area (Å²) in [7, 11) is 0. The second kappa shape index (κ2) is 8.15. The molecule has 1 amide bonds. The molecule has 134 valence electrons. The van der Waals surface area contributed by atoms with Gasteiger partial charge >= 0.3 is 6.18 Å². The van der Waals surface area contributed by atoms with Gasteiger partial charge < -0.3 is 10.6 Å². The zero-order valence-corrected chi connectivity index (χ0v) is 14.1. The summed E-state index contributed by atoms with van der Waals surface area (Å²) in [6, 6.07) is 6.14. The molecule has 9 heteroatoms. The molecule has 0 aliphatic heterocycles. The number of unbranched alkanes of at least 4 members (excludes halogenated alkanes) is 1. The molecule has 1 heterocycles. The van der Waals surface area contributed by atoms with Gasteiger partial charge in [0, 0.05) is 11.6 Å². The first-order valence-corrected chi connectivity index (χ1v) is 7.94. The number of nitrogens with zero attached hydrogens (tertiary/aromatic N) is 2. The number of hydrogen-bond acceptors (Lipinski definition) is 4. The van der Waals surface area contributed by atoms with E-state index in [1.54, 1.807) is 0 Å². The Morgan fingerprint density at radius 2 is 1.96 bits per heavy atom. The normalized spacial score (nSPS) is 11.2. The molecular weight excluding hydrogens is 357 g/mol. The van der Waals surface area contributed by atoms with Gasteiger partial charge in [0.25, 0.3) is 5.91 Å². The molecule has 0 radical (unpaired) electrons. The molecule has 0 aliphatic rings. The number of rotatable bonds is 6. The zero-order valence-electron chi connectivity index (χ0n) is 13.3. The average Bonchev–Trinajstić information content (AvgIpc) is 2.56. The summed E-state index contributed by atoms with van der Waals surface area (Å²) < 4.78 is 39.2. The van der Waals surface area contributed by atoms with Gasteiger partial charge in [0.15, 0.2) is 11.5 Å². The number of aromatic nitrogens is 2. The van der Waals surface area contributed by atoms with Crippen molar-refractivity contribution in [3.63, 3.8) is 0 Å². The summed E-state index contributed by atoms with van der Waals surface area (Å²) in [6.45, 7) is 2.52. The van der Waals surface area contributed by atoms with Gasteiger partial charge in [-0.2, -0.15) is 13.2 Å². The topological polar surface area (TPSA) is 66.9 Å². The lowest BCUT2D eigenvalue weighted by atomic mass is 10.1. The lowest BCUT2D eigenvalue weighted by Crippen LogP contribution is -2.25.